The van der Waals surface area contributed by atoms with E-state index in [0.717, 1.165) is 11.4 Å². The smallest absolute Gasteiger partial charge is 0.254 e. The molecule has 0 atom stereocenters. The lowest BCUT2D eigenvalue weighted by Gasteiger charge is -2.06. The van der Waals surface area contributed by atoms with Crippen molar-refractivity contribution in [3.63, 3.8) is 0 Å². The molecule has 0 aliphatic heterocycles. The van der Waals surface area contributed by atoms with E-state index in [0.29, 0.717) is 18.1 Å². The molecule has 3 rings (SSSR count). The molecule has 0 fully saturated rings. The van der Waals surface area contributed by atoms with E-state index in [-0.39, 0.29) is 5.91 Å². The molecule has 0 radical (unpaired) electrons. The van der Waals surface area contributed by atoms with Crippen LogP contribution in [0.4, 0.5) is 11.6 Å². The van der Waals surface area contributed by atoms with Crippen LogP contribution in [-0.4, -0.2) is 20.9 Å². The minimum Gasteiger partial charge on any atom is -0.346 e. The second-order valence-electron chi connectivity index (χ2n) is 4.79. The molecular weight excluding hydrogens is 290 g/mol. The topological polar surface area (TPSA) is 79.8 Å². The normalized spacial score (nSPS) is 10.1. The number of nitrogens with zero attached hydrogens (tertiary/aromatic N) is 3. The SMILES string of the molecule is O=C(NCc1ccccn1)c1cnc(Nc2ccccc2)nc1. The molecule has 2 N–H and O–H groups in total. The number of hydrogen-bond acceptors (Lipinski definition) is 5. The third-order valence-corrected chi connectivity index (χ3v) is 3.10. The van der Waals surface area contributed by atoms with E-state index in [1.807, 2.05) is 48.5 Å². The Morgan fingerprint density at radius 3 is 2.35 bits per heavy atom. The van der Waals surface area contributed by atoms with Crippen LogP contribution < -0.4 is 10.6 Å². The average molecular weight is 305 g/mol. The Hall–Kier alpha value is -3.28. The molecule has 114 valence electrons. The molecule has 0 aliphatic carbocycles. The van der Waals surface area contributed by atoms with E-state index in [1.54, 1.807) is 6.20 Å². The van der Waals surface area contributed by atoms with Gasteiger partial charge in [-0.2, -0.15) is 0 Å². The van der Waals surface area contributed by atoms with Crippen molar-refractivity contribution >= 4 is 17.5 Å². The van der Waals surface area contributed by atoms with Gasteiger partial charge in [0, 0.05) is 24.3 Å². The third-order valence-electron chi connectivity index (χ3n) is 3.10. The number of pyridine rings is 1. The molecule has 0 aliphatic rings. The molecule has 0 saturated carbocycles. The summed E-state index contributed by atoms with van der Waals surface area (Å²) in [4.78, 5) is 24.5. The molecule has 0 saturated heterocycles. The molecule has 1 amide bonds. The van der Waals surface area contributed by atoms with Gasteiger partial charge in [-0.25, -0.2) is 9.97 Å². The van der Waals surface area contributed by atoms with Gasteiger partial charge in [-0.3, -0.25) is 9.78 Å². The summed E-state index contributed by atoms with van der Waals surface area (Å²) in [5, 5.41) is 5.85. The van der Waals surface area contributed by atoms with Gasteiger partial charge >= 0.3 is 0 Å². The number of nitrogens with one attached hydrogen (secondary N) is 2. The minimum atomic E-state index is -0.234. The summed E-state index contributed by atoms with van der Waals surface area (Å²) in [7, 11) is 0. The van der Waals surface area contributed by atoms with Crippen molar-refractivity contribution in [3.05, 3.63) is 78.4 Å². The van der Waals surface area contributed by atoms with Crippen molar-refractivity contribution < 1.29 is 4.79 Å². The molecule has 0 spiro atoms. The van der Waals surface area contributed by atoms with Crippen molar-refractivity contribution in [1.82, 2.24) is 20.3 Å². The van der Waals surface area contributed by atoms with Crippen LogP contribution in [-0.2, 0) is 6.54 Å². The Balaban J connectivity index is 1.59. The molecule has 0 bridgehead atoms. The van der Waals surface area contributed by atoms with Crippen molar-refractivity contribution in [2.45, 2.75) is 6.54 Å². The van der Waals surface area contributed by atoms with E-state index in [9.17, 15) is 4.79 Å². The van der Waals surface area contributed by atoms with Crippen LogP contribution in [0.5, 0.6) is 0 Å². The van der Waals surface area contributed by atoms with E-state index in [2.05, 4.69) is 25.6 Å². The number of para-hydroxylation sites is 1. The van der Waals surface area contributed by atoms with Crippen LogP contribution in [0.15, 0.2) is 67.1 Å². The molecule has 23 heavy (non-hydrogen) atoms. The Morgan fingerprint density at radius 2 is 1.65 bits per heavy atom. The summed E-state index contributed by atoms with van der Waals surface area (Å²) in [5.74, 6) is 0.208. The Bertz CT molecular complexity index is 760. The zero-order valence-electron chi connectivity index (χ0n) is 12.3. The predicted molar refractivity (Wildman–Crippen MR) is 87.2 cm³/mol. The van der Waals surface area contributed by atoms with E-state index in [1.165, 1.54) is 12.4 Å². The highest BCUT2D eigenvalue weighted by Crippen LogP contribution is 2.11. The maximum absolute atomic E-state index is 12.0. The van der Waals surface area contributed by atoms with Crippen molar-refractivity contribution in [2.75, 3.05) is 5.32 Å². The number of benzene rings is 1. The van der Waals surface area contributed by atoms with E-state index < -0.39 is 0 Å². The molecule has 2 aromatic heterocycles. The maximum Gasteiger partial charge on any atom is 0.254 e. The van der Waals surface area contributed by atoms with Gasteiger partial charge in [-0.1, -0.05) is 24.3 Å². The second-order valence-corrected chi connectivity index (χ2v) is 4.79. The Morgan fingerprint density at radius 1 is 0.913 bits per heavy atom. The van der Waals surface area contributed by atoms with Crippen LogP contribution >= 0.6 is 0 Å². The Labute approximate surface area is 133 Å². The molecule has 2 heterocycles. The first-order chi connectivity index (χ1) is 11.3. The quantitative estimate of drug-likeness (QED) is 0.757. The fraction of sp³-hybridized carbons (Fsp3) is 0.0588. The van der Waals surface area contributed by atoms with Gasteiger partial charge < -0.3 is 10.6 Å². The molecule has 3 aromatic rings. The monoisotopic (exact) mass is 305 g/mol. The lowest BCUT2D eigenvalue weighted by molar-refractivity contribution is 0.0949. The summed E-state index contributed by atoms with van der Waals surface area (Å²) in [6, 6.07) is 15.2. The highest BCUT2D eigenvalue weighted by Gasteiger charge is 2.07. The summed E-state index contributed by atoms with van der Waals surface area (Å²) in [6.07, 6.45) is 4.67. The largest absolute Gasteiger partial charge is 0.346 e. The molecule has 0 unspecified atom stereocenters. The number of amides is 1. The molecule has 6 heteroatoms. The van der Waals surface area contributed by atoms with Gasteiger partial charge in [0.1, 0.15) is 0 Å². The first-order valence-corrected chi connectivity index (χ1v) is 7.13. The second kappa shape index (κ2) is 7.13. The van der Waals surface area contributed by atoms with Crippen molar-refractivity contribution in [2.24, 2.45) is 0 Å². The molecular formula is C17H15N5O. The van der Waals surface area contributed by atoms with Crippen molar-refractivity contribution in [1.29, 1.82) is 0 Å². The van der Waals surface area contributed by atoms with Gasteiger partial charge in [0.15, 0.2) is 0 Å². The van der Waals surface area contributed by atoms with E-state index in [4.69, 9.17) is 0 Å². The summed E-state index contributed by atoms with van der Waals surface area (Å²) in [6.45, 7) is 0.365. The summed E-state index contributed by atoms with van der Waals surface area (Å²) >= 11 is 0. The van der Waals surface area contributed by atoms with Gasteiger partial charge in [-0.05, 0) is 24.3 Å². The first-order valence-electron chi connectivity index (χ1n) is 7.13. The number of hydrogen-bond donors (Lipinski definition) is 2. The van der Waals surface area contributed by atoms with Gasteiger partial charge in [-0.15, -0.1) is 0 Å². The van der Waals surface area contributed by atoms with Crippen LogP contribution in [0.3, 0.4) is 0 Å². The highest BCUT2D eigenvalue weighted by molar-refractivity contribution is 5.93. The molecule has 6 nitrogen and oxygen atoms in total. The molecule has 1 aromatic carbocycles. The van der Waals surface area contributed by atoms with Crippen LogP contribution in [0.2, 0.25) is 0 Å². The fourth-order valence-electron chi connectivity index (χ4n) is 1.94. The maximum atomic E-state index is 12.0. The lowest BCUT2D eigenvalue weighted by atomic mass is 10.3. The number of carbonyl (C=O) groups is 1. The number of carbonyl (C=O) groups excluding carboxylic acids is 1. The van der Waals surface area contributed by atoms with Crippen LogP contribution in [0.25, 0.3) is 0 Å². The standard InChI is InChI=1S/C17H15N5O/c23-16(19-12-15-8-4-5-9-18-15)13-10-20-17(21-11-13)22-14-6-2-1-3-7-14/h1-11H,12H2,(H,19,23)(H,20,21,22). The Kier molecular flexibility index (Phi) is 4.54. The van der Waals surface area contributed by atoms with Gasteiger partial charge in [0.2, 0.25) is 5.95 Å². The fourth-order valence-corrected chi connectivity index (χ4v) is 1.94. The average Bonchev–Trinajstić information content (AvgIpc) is 2.62. The zero-order chi connectivity index (χ0) is 15.9. The van der Waals surface area contributed by atoms with Gasteiger partial charge in [0.25, 0.3) is 5.91 Å². The first kappa shape index (κ1) is 14.6. The summed E-state index contributed by atoms with van der Waals surface area (Å²) in [5.41, 5.74) is 2.09. The highest BCUT2D eigenvalue weighted by atomic mass is 16.1. The number of aromatic nitrogens is 3. The van der Waals surface area contributed by atoms with Crippen LogP contribution in [0.1, 0.15) is 16.1 Å². The lowest BCUT2D eigenvalue weighted by Crippen LogP contribution is -2.23. The number of rotatable bonds is 5. The predicted octanol–water partition coefficient (Wildman–Crippen LogP) is 2.55. The van der Waals surface area contributed by atoms with Crippen molar-refractivity contribution in [3.8, 4) is 0 Å². The van der Waals surface area contributed by atoms with E-state index >= 15 is 0 Å². The minimum absolute atomic E-state index is 0.234. The zero-order valence-corrected chi connectivity index (χ0v) is 12.3. The van der Waals surface area contributed by atoms with Gasteiger partial charge in [0.05, 0.1) is 17.8 Å². The van der Waals surface area contributed by atoms with Crippen LogP contribution in [0, 0.1) is 0 Å². The summed E-state index contributed by atoms with van der Waals surface area (Å²) < 4.78 is 0. The third kappa shape index (κ3) is 4.10. The number of anilines is 2.